The van der Waals surface area contributed by atoms with Gasteiger partial charge in [-0.2, -0.15) is 0 Å². The van der Waals surface area contributed by atoms with Gasteiger partial charge in [0, 0.05) is 28.2 Å². The van der Waals surface area contributed by atoms with E-state index in [-0.39, 0.29) is 11.7 Å². The second kappa shape index (κ2) is 5.49. The fourth-order valence-electron chi connectivity index (χ4n) is 3.53. The molecule has 1 aliphatic heterocycles. The largest absolute Gasteiger partial charge is 0.447 e. The van der Waals surface area contributed by atoms with Crippen molar-refractivity contribution in [1.29, 1.82) is 0 Å². The predicted octanol–water partition coefficient (Wildman–Crippen LogP) is 3.63. The lowest BCUT2D eigenvalue weighted by Crippen LogP contribution is -2.23. The molecule has 2 N–H and O–H groups in total. The summed E-state index contributed by atoms with van der Waals surface area (Å²) in [5.74, 6) is 0. The fourth-order valence-corrected chi connectivity index (χ4v) is 3.53. The van der Waals surface area contributed by atoms with Crippen LogP contribution in [0.3, 0.4) is 0 Å². The molecular weight excluding hydrogens is 330 g/mol. The van der Waals surface area contributed by atoms with Gasteiger partial charge in [-0.25, -0.2) is 4.79 Å². The Kier molecular flexibility index (Phi) is 3.12. The van der Waals surface area contributed by atoms with Crippen molar-refractivity contribution in [2.75, 3.05) is 18.1 Å². The second-order valence-corrected chi connectivity index (χ2v) is 6.28. The Morgan fingerprint density at radius 1 is 0.923 bits per heavy atom. The van der Waals surface area contributed by atoms with E-state index < -0.39 is 0 Å². The maximum atomic E-state index is 12.3. The Morgan fingerprint density at radius 2 is 1.81 bits per heavy atom. The van der Waals surface area contributed by atoms with Crippen LogP contribution in [0.5, 0.6) is 0 Å². The number of pyridine rings is 1. The Hall–Kier alpha value is -3.54. The van der Waals surface area contributed by atoms with Crippen molar-refractivity contribution in [2.24, 2.45) is 0 Å². The number of cyclic esters (lactones) is 1. The number of carbonyl (C=O) groups excluding carboxylic acids is 1. The average Bonchev–Trinajstić information content (AvgIpc) is 3.25. The number of fused-ring (bicyclic) bond motifs is 3. The Labute approximate surface area is 148 Å². The third-order valence-electron chi connectivity index (χ3n) is 4.73. The van der Waals surface area contributed by atoms with Gasteiger partial charge in [0.1, 0.15) is 6.61 Å². The highest BCUT2D eigenvalue weighted by Gasteiger charge is 2.24. The minimum absolute atomic E-state index is 0.164. The van der Waals surface area contributed by atoms with Crippen LogP contribution >= 0.6 is 0 Å². The summed E-state index contributed by atoms with van der Waals surface area (Å²) < 4.78 is 5.02. The van der Waals surface area contributed by atoms with E-state index in [1.54, 1.807) is 11.0 Å². The molecule has 6 heteroatoms. The first kappa shape index (κ1) is 14.8. The Morgan fingerprint density at radius 3 is 2.65 bits per heavy atom. The molecule has 6 nitrogen and oxygen atoms in total. The van der Waals surface area contributed by atoms with Crippen molar-refractivity contribution in [3.8, 4) is 11.1 Å². The van der Waals surface area contributed by atoms with Gasteiger partial charge >= 0.3 is 6.09 Å². The lowest BCUT2D eigenvalue weighted by atomic mass is 10.0. The number of hydrogen-bond acceptors (Lipinski definition) is 3. The van der Waals surface area contributed by atoms with Crippen molar-refractivity contribution >= 4 is 33.7 Å². The van der Waals surface area contributed by atoms with Crippen LogP contribution in [0.25, 0.3) is 33.1 Å². The highest BCUT2D eigenvalue weighted by molar-refractivity contribution is 6.09. The number of aromatic nitrogens is 2. The van der Waals surface area contributed by atoms with Gasteiger partial charge in [-0.3, -0.25) is 9.69 Å². The van der Waals surface area contributed by atoms with Gasteiger partial charge in [0.25, 0.3) is 0 Å². The smallest absolute Gasteiger partial charge is 0.414 e. The first-order chi connectivity index (χ1) is 12.7. The van der Waals surface area contributed by atoms with Crippen LogP contribution in [0.15, 0.2) is 59.4 Å². The van der Waals surface area contributed by atoms with E-state index in [9.17, 15) is 9.59 Å². The van der Waals surface area contributed by atoms with Crippen LogP contribution < -0.4 is 10.5 Å². The van der Waals surface area contributed by atoms with E-state index in [2.05, 4.69) is 9.97 Å². The molecule has 26 heavy (non-hydrogen) atoms. The molecule has 0 bridgehead atoms. The van der Waals surface area contributed by atoms with E-state index in [0.29, 0.717) is 13.2 Å². The summed E-state index contributed by atoms with van der Waals surface area (Å²) in [5.41, 5.74) is 4.88. The number of ether oxygens (including phenoxy) is 1. The lowest BCUT2D eigenvalue weighted by Gasteiger charge is -2.14. The zero-order chi connectivity index (χ0) is 17.7. The number of aromatic amines is 2. The van der Waals surface area contributed by atoms with Crippen molar-refractivity contribution in [2.45, 2.75) is 0 Å². The Balaban J connectivity index is 1.74. The van der Waals surface area contributed by atoms with Crippen molar-refractivity contribution in [3.05, 3.63) is 65.0 Å². The number of amides is 1. The molecule has 0 spiro atoms. The molecule has 0 unspecified atom stereocenters. The molecule has 0 saturated carbocycles. The molecule has 0 atom stereocenters. The molecule has 2 aromatic carbocycles. The quantitative estimate of drug-likeness (QED) is 0.582. The minimum Gasteiger partial charge on any atom is -0.447 e. The van der Waals surface area contributed by atoms with Crippen LogP contribution in [0, 0.1) is 0 Å². The normalized spacial score (nSPS) is 14.3. The SMILES string of the molecule is O=C1OCCN1c1cccc(-c2cc(=O)[nH]c3c2[nH]c2ccccc23)c1. The molecule has 2 aromatic heterocycles. The molecule has 0 radical (unpaired) electrons. The number of nitrogens with zero attached hydrogens (tertiary/aromatic N) is 1. The molecule has 1 fully saturated rings. The van der Waals surface area contributed by atoms with Gasteiger partial charge in [0.2, 0.25) is 5.56 Å². The molecule has 1 amide bonds. The molecule has 5 rings (SSSR count). The molecule has 1 aliphatic rings. The molecule has 1 saturated heterocycles. The van der Waals surface area contributed by atoms with Crippen LogP contribution in [0.1, 0.15) is 0 Å². The molecule has 4 aromatic rings. The molecule has 0 aliphatic carbocycles. The standard InChI is InChI=1S/C20H15N3O3/c24-17-11-15(19-18(22-17)14-6-1-2-7-16(14)21-19)12-4-3-5-13(10-12)23-8-9-26-20(23)25/h1-7,10-11,21H,8-9H2,(H,22,24). The zero-order valence-corrected chi connectivity index (χ0v) is 13.8. The maximum Gasteiger partial charge on any atom is 0.414 e. The third-order valence-corrected chi connectivity index (χ3v) is 4.73. The summed E-state index contributed by atoms with van der Waals surface area (Å²) in [6, 6.07) is 17.0. The topological polar surface area (TPSA) is 78.2 Å². The first-order valence-electron chi connectivity index (χ1n) is 8.39. The highest BCUT2D eigenvalue weighted by atomic mass is 16.6. The van der Waals surface area contributed by atoms with Crippen molar-refractivity contribution in [1.82, 2.24) is 9.97 Å². The van der Waals surface area contributed by atoms with Gasteiger partial charge in [0.05, 0.1) is 17.6 Å². The summed E-state index contributed by atoms with van der Waals surface area (Å²) in [5, 5.41) is 0.973. The summed E-state index contributed by atoms with van der Waals surface area (Å²) in [4.78, 5) is 32.0. The third kappa shape index (κ3) is 2.19. The van der Waals surface area contributed by atoms with E-state index in [4.69, 9.17) is 4.74 Å². The number of benzene rings is 2. The van der Waals surface area contributed by atoms with E-state index >= 15 is 0 Å². The summed E-state index contributed by atoms with van der Waals surface area (Å²) in [7, 11) is 0. The number of rotatable bonds is 2. The number of H-pyrrole nitrogens is 2. The average molecular weight is 345 g/mol. The van der Waals surface area contributed by atoms with Crippen LogP contribution in [-0.2, 0) is 4.74 Å². The monoisotopic (exact) mass is 345 g/mol. The molecular formula is C20H15N3O3. The van der Waals surface area contributed by atoms with Crippen LogP contribution in [-0.4, -0.2) is 29.2 Å². The van der Waals surface area contributed by atoms with E-state index in [1.807, 2.05) is 48.5 Å². The van der Waals surface area contributed by atoms with Gasteiger partial charge in [0.15, 0.2) is 0 Å². The number of para-hydroxylation sites is 1. The minimum atomic E-state index is -0.344. The highest BCUT2D eigenvalue weighted by Crippen LogP contribution is 2.32. The first-order valence-corrected chi connectivity index (χ1v) is 8.39. The number of anilines is 1. The summed E-state index contributed by atoms with van der Waals surface area (Å²) in [6.07, 6.45) is -0.344. The molecule has 3 heterocycles. The van der Waals surface area contributed by atoms with E-state index in [0.717, 1.165) is 38.8 Å². The van der Waals surface area contributed by atoms with E-state index in [1.165, 1.54) is 0 Å². The Bertz CT molecular complexity index is 1220. The van der Waals surface area contributed by atoms with Crippen LogP contribution in [0.2, 0.25) is 0 Å². The number of hydrogen-bond donors (Lipinski definition) is 2. The van der Waals surface area contributed by atoms with Gasteiger partial charge in [-0.15, -0.1) is 0 Å². The second-order valence-electron chi connectivity index (χ2n) is 6.28. The predicted molar refractivity (Wildman–Crippen MR) is 101 cm³/mol. The van der Waals surface area contributed by atoms with Crippen molar-refractivity contribution < 1.29 is 9.53 Å². The van der Waals surface area contributed by atoms with Gasteiger partial charge < -0.3 is 14.7 Å². The fraction of sp³-hybridized carbons (Fsp3) is 0.100. The number of carbonyl (C=O) groups is 1. The maximum absolute atomic E-state index is 12.3. The van der Waals surface area contributed by atoms with Gasteiger partial charge in [-0.05, 0) is 23.8 Å². The van der Waals surface area contributed by atoms with Crippen molar-refractivity contribution in [3.63, 3.8) is 0 Å². The summed E-state index contributed by atoms with van der Waals surface area (Å²) in [6.45, 7) is 0.916. The summed E-state index contributed by atoms with van der Waals surface area (Å²) >= 11 is 0. The van der Waals surface area contributed by atoms with Gasteiger partial charge in [-0.1, -0.05) is 30.3 Å². The molecule has 128 valence electrons. The lowest BCUT2D eigenvalue weighted by molar-refractivity contribution is 0.181. The number of nitrogens with one attached hydrogen (secondary N) is 2. The zero-order valence-electron chi connectivity index (χ0n) is 13.8. The van der Waals surface area contributed by atoms with Crippen LogP contribution in [0.4, 0.5) is 10.5 Å².